The molecule has 0 radical (unpaired) electrons. The van der Waals surface area contributed by atoms with Crippen molar-refractivity contribution in [1.29, 1.82) is 0 Å². The molecule has 6 heteroatoms. The molecule has 0 saturated carbocycles. The molecule has 5 nitrogen and oxygen atoms in total. The number of likely N-dealkylation sites (tertiary alicyclic amines) is 1. The van der Waals surface area contributed by atoms with Crippen LogP contribution in [0.5, 0.6) is 0 Å². The maximum Gasteiger partial charge on any atom is 0.289 e. The van der Waals surface area contributed by atoms with E-state index >= 15 is 0 Å². The zero-order valence-corrected chi connectivity index (χ0v) is 15.2. The molecule has 134 valence electrons. The SMILES string of the molecule is O=C(c1ccc(CSc2ccccc2)o1)N1CCC[C@@H](c2ncc[nH]2)C1. The maximum atomic E-state index is 12.8. The molecule has 1 fully saturated rings. The quantitative estimate of drug-likeness (QED) is 0.683. The van der Waals surface area contributed by atoms with Gasteiger partial charge in [-0.05, 0) is 37.1 Å². The molecule has 1 aliphatic rings. The molecule has 1 saturated heterocycles. The zero-order valence-electron chi connectivity index (χ0n) is 14.4. The van der Waals surface area contributed by atoms with Crippen molar-refractivity contribution in [2.24, 2.45) is 0 Å². The molecule has 0 unspecified atom stereocenters. The number of nitrogens with zero attached hydrogens (tertiary/aromatic N) is 2. The van der Waals surface area contributed by atoms with Gasteiger partial charge in [0, 0.05) is 36.3 Å². The number of piperidine rings is 1. The summed E-state index contributed by atoms with van der Waals surface area (Å²) in [6.07, 6.45) is 5.63. The van der Waals surface area contributed by atoms with Crippen molar-refractivity contribution >= 4 is 17.7 Å². The smallest absolute Gasteiger partial charge is 0.289 e. The summed E-state index contributed by atoms with van der Waals surface area (Å²) in [5.41, 5.74) is 0. The third-order valence-corrected chi connectivity index (χ3v) is 5.65. The van der Waals surface area contributed by atoms with Crippen molar-refractivity contribution in [3.8, 4) is 0 Å². The van der Waals surface area contributed by atoms with E-state index in [9.17, 15) is 4.79 Å². The number of nitrogens with one attached hydrogen (secondary N) is 1. The number of benzene rings is 1. The second-order valence-electron chi connectivity index (χ2n) is 6.43. The largest absolute Gasteiger partial charge is 0.455 e. The number of imidazole rings is 1. The Balaban J connectivity index is 1.38. The van der Waals surface area contributed by atoms with Gasteiger partial charge in [-0.3, -0.25) is 4.79 Å². The summed E-state index contributed by atoms with van der Waals surface area (Å²) >= 11 is 1.70. The van der Waals surface area contributed by atoms with Gasteiger partial charge >= 0.3 is 0 Å². The van der Waals surface area contributed by atoms with Gasteiger partial charge in [-0.1, -0.05) is 18.2 Å². The van der Waals surface area contributed by atoms with Gasteiger partial charge in [0.2, 0.25) is 0 Å². The van der Waals surface area contributed by atoms with E-state index in [-0.39, 0.29) is 11.8 Å². The van der Waals surface area contributed by atoms with Gasteiger partial charge in [0.15, 0.2) is 5.76 Å². The van der Waals surface area contributed by atoms with Gasteiger partial charge in [-0.25, -0.2) is 4.98 Å². The molecule has 1 aliphatic heterocycles. The number of thioether (sulfide) groups is 1. The minimum Gasteiger partial charge on any atom is -0.455 e. The Morgan fingerprint density at radius 1 is 1.27 bits per heavy atom. The first-order valence-electron chi connectivity index (χ1n) is 8.85. The van der Waals surface area contributed by atoms with Gasteiger partial charge in [0.1, 0.15) is 11.6 Å². The third kappa shape index (κ3) is 3.85. The fourth-order valence-corrected chi connectivity index (χ4v) is 4.10. The first kappa shape index (κ1) is 17.0. The number of aromatic amines is 1. The van der Waals surface area contributed by atoms with Crippen molar-refractivity contribution in [3.05, 3.63) is 72.2 Å². The van der Waals surface area contributed by atoms with Crippen molar-refractivity contribution < 1.29 is 9.21 Å². The second-order valence-corrected chi connectivity index (χ2v) is 7.48. The molecule has 3 heterocycles. The molecule has 1 N–H and O–H groups in total. The molecule has 26 heavy (non-hydrogen) atoms. The van der Waals surface area contributed by atoms with Crippen molar-refractivity contribution in [2.75, 3.05) is 13.1 Å². The van der Waals surface area contributed by atoms with E-state index in [1.54, 1.807) is 24.0 Å². The maximum absolute atomic E-state index is 12.8. The van der Waals surface area contributed by atoms with E-state index in [0.29, 0.717) is 18.1 Å². The normalized spacial score (nSPS) is 17.4. The van der Waals surface area contributed by atoms with Crippen LogP contribution in [0.1, 0.15) is 40.9 Å². The standard InChI is InChI=1S/C20H21N3O2S/c24-20(23-12-4-5-15(13-23)19-21-10-11-22-19)18-9-8-16(25-18)14-26-17-6-2-1-3-7-17/h1-3,6-11,15H,4-5,12-14H2,(H,21,22)/t15-/m1/s1. The topological polar surface area (TPSA) is 62.1 Å². The van der Waals surface area contributed by atoms with E-state index in [0.717, 1.165) is 31.0 Å². The van der Waals surface area contributed by atoms with Gasteiger partial charge in [-0.15, -0.1) is 11.8 Å². The average molecular weight is 367 g/mol. The van der Waals surface area contributed by atoms with Crippen LogP contribution < -0.4 is 0 Å². The Morgan fingerprint density at radius 2 is 2.15 bits per heavy atom. The van der Waals surface area contributed by atoms with Crippen LogP contribution in [0.25, 0.3) is 0 Å². The van der Waals surface area contributed by atoms with E-state index in [2.05, 4.69) is 22.1 Å². The lowest BCUT2D eigenvalue weighted by atomic mass is 9.97. The molecular formula is C20H21N3O2S. The van der Waals surface area contributed by atoms with E-state index in [1.807, 2.05) is 35.4 Å². The fraction of sp³-hybridized carbons (Fsp3) is 0.300. The van der Waals surface area contributed by atoms with Gasteiger partial charge in [-0.2, -0.15) is 0 Å². The predicted molar refractivity (Wildman–Crippen MR) is 101 cm³/mol. The minimum absolute atomic E-state index is 0.0304. The summed E-state index contributed by atoms with van der Waals surface area (Å²) in [7, 11) is 0. The fourth-order valence-electron chi connectivity index (χ4n) is 3.28. The Hall–Kier alpha value is -2.47. The van der Waals surface area contributed by atoms with Crippen LogP contribution in [0, 0.1) is 0 Å². The van der Waals surface area contributed by atoms with Gasteiger partial charge in [0.25, 0.3) is 5.91 Å². The molecule has 0 spiro atoms. The van der Waals surface area contributed by atoms with Crippen LogP contribution in [-0.4, -0.2) is 33.9 Å². The Kier molecular flexibility index (Phi) is 5.11. The third-order valence-electron chi connectivity index (χ3n) is 4.61. The van der Waals surface area contributed by atoms with Crippen LogP contribution in [0.15, 0.2) is 64.2 Å². The highest BCUT2D eigenvalue weighted by atomic mass is 32.2. The van der Waals surface area contributed by atoms with Crippen molar-refractivity contribution in [1.82, 2.24) is 14.9 Å². The first-order valence-corrected chi connectivity index (χ1v) is 9.83. The number of rotatable bonds is 5. The summed E-state index contributed by atoms with van der Waals surface area (Å²) in [6.45, 7) is 1.45. The summed E-state index contributed by atoms with van der Waals surface area (Å²) in [5.74, 6) is 3.16. The molecule has 1 aromatic carbocycles. The summed E-state index contributed by atoms with van der Waals surface area (Å²) in [4.78, 5) is 23.4. The number of hydrogen-bond donors (Lipinski definition) is 1. The van der Waals surface area contributed by atoms with Crippen LogP contribution >= 0.6 is 11.8 Å². The summed E-state index contributed by atoms with van der Waals surface area (Å²) in [5, 5.41) is 0. The first-order chi connectivity index (χ1) is 12.8. The summed E-state index contributed by atoms with van der Waals surface area (Å²) in [6, 6.07) is 13.9. The highest BCUT2D eigenvalue weighted by molar-refractivity contribution is 7.98. The van der Waals surface area contributed by atoms with Gasteiger partial charge in [0.05, 0.1) is 5.75 Å². The number of H-pyrrole nitrogens is 1. The zero-order chi connectivity index (χ0) is 17.8. The van der Waals surface area contributed by atoms with E-state index < -0.39 is 0 Å². The highest BCUT2D eigenvalue weighted by Crippen LogP contribution is 2.27. The molecule has 0 aliphatic carbocycles. The number of amides is 1. The Labute approximate surface area is 156 Å². The average Bonchev–Trinajstić information content (AvgIpc) is 3.39. The molecule has 4 rings (SSSR count). The minimum atomic E-state index is -0.0304. The Morgan fingerprint density at radius 3 is 2.96 bits per heavy atom. The molecular weight excluding hydrogens is 346 g/mol. The van der Waals surface area contributed by atoms with Crippen molar-refractivity contribution in [2.45, 2.75) is 29.4 Å². The summed E-state index contributed by atoms with van der Waals surface area (Å²) < 4.78 is 5.81. The number of aromatic nitrogens is 2. The lowest BCUT2D eigenvalue weighted by Crippen LogP contribution is -2.39. The second kappa shape index (κ2) is 7.83. The number of furan rings is 1. The molecule has 0 bridgehead atoms. The lowest BCUT2D eigenvalue weighted by Gasteiger charge is -2.31. The van der Waals surface area contributed by atoms with E-state index in [4.69, 9.17) is 4.42 Å². The monoisotopic (exact) mass is 367 g/mol. The van der Waals surface area contributed by atoms with Crippen LogP contribution in [0.4, 0.5) is 0 Å². The number of carbonyl (C=O) groups excluding carboxylic acids is 1. The molecule has 1 atom stereocenters. The van der Waals surface area contributed by atoms with Crippen molar-refractivity contribution in [3.63, 3.8) is 0 Å². The number of carbonyl (C=O) groups is 1. The molecule has 3 aromatic rings. The Bertz CT molecular complexity index is 845. The highest BCUT2D eigenvalue weighted by Gasteiger charge is 2.28. The van der Waals surface area contributed by atoms with Crippen LogP contribution in [0.2, 0.25) is 0 Å². The molecule has 2 aromatic heterocycles. The number of hydrogen-bond acceptors (Lipinski definition) is 4. The van der Waals surface area contributed by atoms with Gasteiger partial charge < -0.3 is 14.3 Å². The lowest BCUT2D eigenvalue weighted by molar-refractivity contribution is 0.0671. The molecule has 1 amide bonds. The van der Waals surface area contributed by atoms with Crippen LogP contribution in [0.3, 0.4) is 0 Å². The van der Waals surface area contributed by atoms with Crippen LogP contribution in [-0.2, 0) is 5.75 Å². The predicted octanol–water partition coefficient (Wildman–Crippen LogP) is 4.31. The van der Waals surface area contributed by atoms with E-state index in [1.165, 1.54) is 4.90 Å².